The molecule has 0 atom stereocenters. The number of halogens is 1. The number of nitrogens with one attached hydrogen (secondary N) is 1. The zero-order valence-corrected chi connectivity index (χ0v) is 7.81. The van der Waals surface area contributed by atoms with Crippen molar-refractivity contribution in [2.24, 2.45) is 5.84 Å². The van der Waals surface area contributed by atoms with Gasteiger partial charge in [-0.1, -0.05) is 12.1 Å². The molecule has 15 heavy (non-hydrogen) atoms. The van der Waals surface area contributed by atoms with Crippen LogP contribution in [-0.2, 0) is 0 Å². The summed E-state index contributed by atoms with van der Waals surface area (Å²) in [6.07, 6.45) is 3.16. The molecule has 5 heteroatoms. The van der Waals surface area contributed by atoms with Gasteiger partial charge in [0.2, 0.25) is 5.95 Å². The van der Waals surface area contributed by atoms with Crippen LogP contribution in [0.4, 0.5) is 10.3 Å². The van der Waals surface area contributed by atoms with Gasteiger partial charge in [0.05, 0.1) is 0 Å². The summed E-state index contributed by atoms with van der Waals surface area (Å²) in [5.74, 6) is 5.17. The molecular formula is C10H9FN4. The fourth-order valence-electron chi connectivity index (χ4n) is 1.22. The van der Waals surface area contributed by atoms with Crippen LogP contribution in [0.1, 0.15) is 0 Å². The van der Waals surface area contributed by atoms with Gasteiger partial charge >= 0.3 is 0 Å². The molecule has 0 spiro atoms. The van der Waals surface area contributed by atoms with Gasteiger partial charge in [-0.05, 0) is 17.7 Å². The highest BCUT2D eigenvalue weighted by Gasteiger charge is 2.00. The monoisotopic (exact) mass is 204 g/mol. The molecule has 3 N–H and O–H groups in total. The Labute approximate surface area is 86.0 Å². The maximum absolute atomic E-state index is 12.9. The minimum absolute atomic E-state index is 0.284. The fourth-order valence-corrected chi connectivity index (χ4v) is 1.22. The molecule has 0 aliphatic carbocycles. The second-order valence-corrected chi connectivity index (χ2v) is 2.95. The van der Waals surface area contributed by atoms with Crippen LogP contribution >= 0.6 is 0 Å². The van der Waals surface area contributed by atoms with Crippen LogP contribution < -0.4 is 11.3 Å². The number of aromatic nitrogens is 2. The van der Waals surface area contributed by atoms with Gasteiger partial charge < -0.3 is 0 Å². The summed E-state index contributed by atoms with van der Waals surface area (Å²) >= 11 is 0. The molecule has 2 aromatic rings. The Balaban J connectivity index is 2.37. The summed E-state index contributed by atoms with van der Waals surface area (Å²) < 4.78 is 12.9. The van der Waals surface area contributed by atoms with E-state index < -0.39 is 0 Å². The van der Waals surface area contributed by atoms with E-state index in [1.165, 1.54) is 12.1 Å². The molecule has 0 amide bonds. The van der Waals surface area contributed by atoms with Gasteiger partial charge in [0.1, 0.15) is 5.82 Å². The summed E-state index contributed by atoms with van der Waals surface area (Å²) in [5, 5.41) is 0. The van der Waals surface area contributed by atoms with Crippen molar-refractivity contribution in [1.29, 1.82) is 0 Å². The third kappa shape index (κ3) is 2.08. The summed E-state index contributed by atoms with van der Waals surface area (Å²) in [7, 11) is 0. The summed E-state index contributed by atoms with van der Waals surface area (Å²) in [5.41, 5.74) is 3.80. The van der Waals surface area contributed by atoms with Crippen molar-refractivity contribution in [3.8, 4) is 11.1 Å². The van der Waals surface area contributed by atoms with Gasteiger partial charge in [0.25, 0.3) is 0 Å². The Morgan fingerprint density at radius 2 is 1.87 bits per heavy atom. The summed E-state index contributed by atoms with van der Waals surface area (Å²) in [6.45, 7) is 0. The van der Waals surface area contributed by atoms with Crippen LogP contribution in [0.5, 0.6) is 0 Å². The first-order chi connectivity index (χ1) is 7.29. The quantitative estimate of drug-likeness (QED) is 0.575. The standard InChI is InChI=1S/C10H9FN4/c11-9-3-1-2-7(4-9)8-5-13-10(15-12)14-6-8/h1-6H,12H2,(H,13,14,15). The van der Waals surface area contributed by atoms with Gasteiger partial charge in [-0.15, -0.1) is 0 Å². The van der Waals surface area contributed by atoms with Crippen molar-refractivity contribution < 1.29 is 4.39 Å². The van der Waals surface area contributed by atoms with Crippen molar-refractivity contribution in [1.82, 2.24) is 9.97 Å². The minimum atomic E-state index is -0.284. The highest BCUT2D eigenvalue weighted by Crippen LogP contribution is 2.18. The molecule has 1 aromatic heterocycles. The van der Waals surface area contributed by atoms with E-state index in [0.29, 0.717) is 5.95 Å². The number of nitrogens with two attached hydrogens (primary N) is 1. The first kappa shape index (κ1) is 9.54. The molecular weight excluding hydrogens is 195 g/mol. The zero-order chi connectivity index (χ0) is 10.7. The molecule has 1 heterocycles. The molecule has 76 valence electrons. The lowest BCUT2D eigenvalue weighted by atomic mass is 10.1. The Morgan fingerprint density at radius 1 is 1.13 bits per heavy atom. The van der Waals surface area contributed by atoms with Crippen LogP contribution in [0, 0.1) is 5.82 Å². The summed E-state index contributed by atoms with van der Waals surface area (Å²) in [6, 6.07) is 6.24. The third-order valence-electron chi connectivity index (χ3n) is 1.94. The number of rotatable bonds is 2. The number of nitrogens with zero attached hydrogens (tertiary/aromatic N) is 2. The number of hydrogen-bond donors (Lipinski definition) is 2. The van der Waals surface area contributed by atoms with Crippen molar-refractivity contribution in [3.05, 3.63) is 42.5 Å². The van der Waals surface area contributed by atoms with Gasteiger partial charge in [0.15, 0.2) is 0 Å². The number of hydrazine groups is 1. The topological polar surface area (TPSA) is 63.8 Å². The molecule has 0 bridgehead atoms. The van der Waals surface area contributed by atoms with Crippen LogP contribution in [0.3, 0.4) is 0 Å². The average molecular weight is 204 g/mol. The molecule has 0 aliphatic rings. The SMILES string of the molecule is NNc1ncc(-c2cccc(F)c2)cn1. The van der Waals surface area contributed by atoms with E-state index >= 15 is 0 Å². The van der Waals surface area contributed by atoms with E-state index in [9.17, 15) is 4.39 Å². The molecule has 0 unspecified atom stereocenters. The van der Waals surface area contributed by atoms with E-state index in [-0.39, 0.29) is 5.82 Å². The molecule has 0 fully saturated rings. The van der Waals surface area contributed by atoms with Gasteiger partial charge in [0, 0.05) is 18.0 Å². The Morgan fingerprint density at radius 3 is 2.47 bits per heavy atom. The third-order valence-corrected chi connectivity index (χ3v) is 1.94. The highest BCUT2D eigenvalue weighted by atomic mass is 19.1. The largest absolute Gasteiger partial charge is 0.292 e. The van der Waals surface area contributed by atoms with Crippen molar-refractivity contribution in [3.63, 3.8) is 0 Å². The van der Waals surface area contributed by atoms with Gasteiger partial charge in [-0.25, -0.2) is 20.2 Å². The lowest BCUT2D eigenvalue weighted by molar-refractivity contribution is 0.628. The fraction of sp³-hybridized carbons (Fsp3) is 0. The lowest BCUT2D eigenvalue weighted by Crippen LogP contribution is -2.09. The molecule has 1 aromatic carbocycles. The molecule has 0 saturated heterocycles. The highest BCUT2D eigenvalue weighted by molar-refractivity contribution is 5.61. The van der Waals surface area contributed by atoms with Crippen molar-refractivity contribution in [2.45, 2.75) is 0 Å². The van der Waals surface area contributed by atoms with E-state index in [1.807, 2.05) is 0 Å². The Kier molecular flexibility index (Phi) is 2.55. The van der Waals surface area contributed by atoms with Gasteiger partial charge in [-0.2, -0.15) is 0 Å². The number of anilines is 1. The molecule has 2 rings (SSSR count). The van der Waals surface area contributed by atoms with Crippen molar-refractivity contribution in [2.75, 3.05) is 5.43 Å². The predicted molar refractivity (Wildman–Crippen MR) is 55.2 cm³/mol. The second-order valence-electron chi connectivity index (χ2n) is 2.95. The van der Waals surface area contributed by atoms with Crippen LogP contribution in [0.2, 0.25) is 0 Å². The maximum atomic E-state index is 12.9. The Hall–Kier alpha value is -2.01. The minimum Gasteiger partial charge on any atom is -0.292 e. The summed E-state index contributed by atoms with van der Waals surface area (Å²) in [4.78, 5) is 7.87. The van der Waals surface area contributed by atoms with E-state index in [2.05, 4.69) is 15.4 Å². The zero-order valence-electron chi connectivity index (χ0n) is 7.81. The van der Waals surface area contributed by atoms with Crippen molar-refractivity contribution >= 4 is 5.95 Å². The number of hydrogen-bond acceptors (Lipinski definition) is 4. The lowest BCUT2D eigenvalue weighted by Gasteiger charge is -2.01. The normalized spacial score (nSPS) is 10.0. The second kappa shape index (κ2) is 4.02. The van der Waals surface area contributed by atoms with Crippen LogP contribution in [-0.4, -0.2) is 9.97 Å². The molecule has 0 saturated carbocycles. The maximum Gasteiger partial charge on any atom is 0.237 e. The number of benzene rings is 1. The van der Waals surface area contributed by atoms with E-state index in [1.54, 1.807) is 24.5 Å². The predicted octanol–water partition coefficient (Wildman–Crippen LogP) is 1.57. The van der Waals surface area contributed by atoms with Crippen LogP contribution in [0.25, 0.3) is 11.1 Å². The first-order valence-electron chi connectivity index (χ1n) is 4.34. The average Bonchev–Trinajstić information content (AvgIpc) is 2.29. The first-order valence-corrected chi connectivity index (χ1v) is 4.34. The molecule has 4 nitrogen and oxygen atoms in total. The van der Waals surface area contributed by atoms with E-state index in [0.717, 1.165) is 11.1 Å². The van der Waals surface area contributed by atoms with Crippen LogP contribution in [0.15, 0.2) is 36.7 Å². The Bertz CT molecular complexity index is 455. The van der Waals surface area contributed by atoms with E-state index in [4.69, 9.17) is 5.84 Å². The smallest absolute Gasteiger partial charge is 0.237 e. The molecule has 0 aliphatic heterocycles. The molecule has 0 radical (unpaired) electrons. The van der Waals surface area contributed by atoms with Gasteiger partial charge in [-0.3, -0.25) is 5.43 Å². The number of nitrogen functional groups attached to an aromatic ring is 1.